The predicted molar refractivity (Wildman–Crippen MR) is 145 cm³/mol. The maximum atomic E-state index is 13.6. The second kappa shape index (κ2) is 12.0. The molecule has 0 aliphatic rings. The van der Waals surface area contributed by atoms with Gasteiger partial charge in [-0.2, -0.15) is 0 Å². The van der Waals surface area contributed by atoms with Crippen molar-refractivity contribution in [1.82, 2.24) is 10.2 Å². The van der Waals surface area contributed by atoms with Crippen LogP contribution in [0.15, 0.2) is 46.9 Å². The Labute approximate surface area is 225 Å². The third-order valence-electron chi connectivity index (χ3n) is 5.01. The van der Waals surface area contributed by atoms with Gasteiger partial charge in [-0.1, -0.05) is 52.1 Å². The summed E-state index contributed by atoms with van der Waals surface area (Å²) in [6.07, 6.45) is 1.36. The molecule has 7 nitrogen and oxygen atoms in total. The van der Waals surface area contributed by atoms with Crippen LogP contribution in [0.25, 0.3) is 0 Å². The predicted octanol–water partition coefficient (Wildman–Crippen LogP) is 5.24. The first kappa shape index (κ1) is 29.4. The standard InChI is InChI=1S/C24H30BrCl2N3O4S/c1-6-21(23(32)28-24(2,3)4)29(14-16-7-12-19(26)20(27)13-16)22(31)15-30(35(5,33)34)18-10-8-17(25)9-11-18/h7-13,21H,6,14-15H2,1-5H3,(H,28,32). The van der Waals surface area contributed by atoms with Gasteiger partial charge in [-0.3, -0.25) is 13.9 Å². The van der Waals surface area contributed by atoms with Crippen molar-refractivity contribution in [3.63, 3.8) is 0 Å². The number of benzene rings is 2. The molecule has 11 heteroatoms. The van der Waals surface area contributed by atoms with Gasteiger partial charge in [0.15, 0.2) is 0 Å². The first-order valence-electron chi connectivity index (χ1n) is 10.9. The van der Waals surface area contributed by atoms with E-state index in [-0.39, 0.29) is 12.5 Å². The number of carbonyl (C=O) groups excluding carboxylic acids is 2. The molecule has 0 saturated heterocycles. The minimum atomic E-state index is -3.79. The van der Waals surface area contributed by atoms with Crippen molar-refractivity contribution in [2.24, 2.45) is 0 Å². The van der Waals surface area contributed by atoms with Crippen LogP contribution in [0.3, 0.4) is 0 Å². The Morgan fingerprint density at radius 3 is 2.14 bits per heavy atom. The molecule has 2 amide bonds. The Hall–Kier alpha value is -1.81. The van der Waals surface area contributed by atoms with Gasteiger partial charge >= 0.3 is 0 Å². The number of hydrogen-bond acceptors (Lipinski definition) is 4. The van der Waals surface area contributed by atoms with E-state index < -0.39 is 34.1 Å². The van der Waals surface area contributed by atoms with E-state index in [4.69, 9.17) is 23.2 Å². The number of hydrogen-bond donors (Lipinski definition) is 1. The fraction of sp³-hybridized carbons (Fsp3) is 0.417. The Bertz CT molecular complexity index is 1170. The molecule has 0 radical (unpaired) electrons. The van der Waals surface area contributed by atoms with E-state index in [0.29, 0.717) is 27.7 Å². The summed E-state index contributed by atoms with van der Waals surface area (Å²) in [7, 11) is -3.79. The number of anilines is 1. The highest BCUT2D eigenvalue weighted by Gasteiger charge is 2.33. The van der Waals surface area contributed by atoms with Gasteiger partial charge in [0.2, 0.25) is 21.8 Å². The summed E-state index contributed by atoms with van der Waals surface area (Å²) in [5.74, 6) is -0.858. The maximum Gasteiger partial charge on any atom is 0.244 e. The van der Waals surface area contributed by atoms with Gasteiger partial charge in [-0.05, 0) is 69.2 Å². The highest BCUT2D eigenvalue weighted by atomic mass is 79.9. The van der Waals surface area contributed by atoms with Crippen LogP contribution in [-0.2, 0) is 26.2 Å². The van der Waals surface area contributed by atoms with Crippen LogP contribution < -0.4 is 9.62 Å². The fourth-order valence-corrected chi connectivity index (χ4v) is 4.86. The number of amides is 2. The first-order valence-corrected chi connectivity index (χ1v) is 14.3. The van der Waals surface area contributed by atoms with E-state index in [1.54, 1.807) is 49.4 Å². The van der Waals surface area contributed by atoms with E-state index >= 15 is 0 Å². The SMILES string of the molecule is CCC(C(=O)NC(C)(C)C)N(Cc1ccc(Cl)c(Cl)c1)C(=O)CN(c1ccc(Br)cc1)S(C)(=O)=O. The van der Waals surface area contributed by atoms with Crippen molar-refractivity contribution in [2.45, 2.75) is 52.2 Å². The van der Waals surface area contributed by atoms with Crippen molar-refractivity contribution in [1.29, 1.82) is 0 Å². The van der Waals surface area contributed by atoms with E-state index in [1.807, 2.05) is 20.8 Å². The molecule has 2 aromatic carbocycles. The number of sulfonamides is 1. The monoisotopic (exact) mass is 605 g/mol. The highest BCUT2D eigenvalue weighted by molar-refractivity contribution is 9.10. The smallest absolute Gasteiger partial charge is 0.244 e. The zero-order valence-electron chi connectivity index (χ0n) is 20.3. The molecule has 35 heavy (non-hydrogen) atoms. The second-order valence-electron chi connectivity index (χ2n) is 9.18. The minimum Gasteiger partial charge on any atom is -0.350 e. The van der Waals surface area contributed by atoms with Crippen molar-refractivity contribution < 1.29 is 18.0 Å². The number of nitrogens with zero attached hydrogens (tertiary/aromatic N) is 2. The van der Waals surface area contributed by atoms with E-state index in [0.717, 1.165) is 15.0 Å². The first-order chi connectivity index (χ1) is 16.1. The average Bonchev–Trinajstić information content (AvgIpc) is 2.73. The van der Waals surface area contributed by atoms with Crippen LogP contribution in [0.1, 0.15) is 39.7 Å². The van der Waals surface area contributed by atoms with Crippen LogP contribution in [0.5, 0.6) is 0 Å². The zero-order valence-corrected chi connectivity index (χ0v) is 24.2. The molecule has 2 aromatic rings. The molecule has 0 spiro atoms. The summed E-state index contributed by atoms with van der Waals surface area (Å²) >= 11 is 15.5. The molecule has 192 valence electrons. The Balaban J connectivity index is 2.47. The molecule has 0 fully saturated rings. The summed E-state index contributed by atoms with van der Waals surface area (Å²) in [6, 6.07) is 10.7. The number of rotatable bonds is 9. The van der Waals surface area contributed by atoms with Gasteiger partial charge in [0.25, 0.3) is 0 Å². The summed E-state index contributed by atoms with van der Waals surface area (Å²) in [6.45, 7) is 6.92. The molecule has 2 rings (SSSR count). The average molecular weight is 607 g/mol. The molecule has 1 atom stereocenters. The van der Waals surface area contributed by atoms with Gasteiger partial charge in [-0.15, -0.1) is 0 Å². The van der Waals surface area contributed by atoms with Crippen molar-refractivity contribution in [3.05, 3.63) is 62.5 Å². The quantitative estimate of drug-likeness (QED) is 0.423. The Morgan fingerprint density at radius 1 is 1.06 bits per heavy atom. The summed E-state index contributed by atoms with van der Waals surface area (Å²) < 4.78 is 27.0. The second-order valence-corrected chi connectivity index (χ2v) is 12.8. The van der Waals surface area contributed by atoms with E-state index in [9.17, 15) is 18.0 Å². The lowest BCUT2D eigenvalue weighted by molar-refractivity contribution is -0.141. The molecule has 0 heterocycles. The van der Waals surface area contributed by atoms with Crippen molar-refractivity contribution in [2.75, 3.05) is 17.1 Å². The van der Waals surface area contributed by atoms with Crippen molar-refractivity contribution in [3.8, 4) is 0 Å². The van der Waals surface area contributed by atoms with E-state index in [2.05, 4.69) is 21.2 Å². The topological polar surface area (TPSA) is 86.8 Å². The Kier molecular flexibility index (Phi) is 10.0. The van der Waals surface area contributed by atoms with Gasteiger partial charge in [0.1, 0.15) is 12.6 Å². The lowest BCUT2D eigenvalue weighted by atomic mass is 10.1. The van der Waals surface area contributed by atoms with Crippen LogP contribution in [0, 0.1) is 0 Å². The Morgan fingerprint density at radius 2 is 1.66 bits per heavy atom. The molecule has 0 aromatic heterocycles. The van der Waals surface area contributed by atoms with Gasteiger partial charge in [-0.25, -0.2) is 8.42 Å². The largest absolute Gasteiger partial charge is 0.350 e. The van der Waals surface area contributed by atoms with Crippen LogP contribution in [-0.4, -0.2) is 49.5 Å². The summed E-state index contributed by atoms with van der Waals surface area (Å²) in [5, 5.41) is 3.60. The molecule has 0 aliphatic carbocycles. The third-order valence-corrected chi connectivity index (χ3v) is 7.42. The number of halogens is 3. The third kappa shape index (κ3) is 8.66. The lowest BCUT2D eigenvalue weighted by Crippen LogP contribution is -2.55. The van der Waals surface area contributed by atoms with Crippen LogP contribution >= 0.6 is 39.1 Å². The van der Waals surface area contributed by atoms with Crippen molar-refractivity contribution >= 4 is 66.7 Å². The van der Waals surface area contributed by atoms with Crippen LogP contribution in [0.2, 0.25) is 10.0 Å². The van der Waals surface area contributed by atoms with E-state index in [1.165, 1.54) is 4.90 Å². The molecule has 1 N–H and O–H groups in total. The summed E-state index contributed by atoms with van der Waals surface area (Å²) in [4.78, 5) is 28.2. The molecule has 0 bridgehead atoms. The van der Waals surface area contributed by atoms with Gasteiger partial charge < -0.3 is 10.2 Å². The zero-order chi connectivity index (χ0) is 26.6. The molecule has 1 unspecified atom stereocenters. The maximum absolute atomic E-state index is 13.6. The molecular weight excluding hydrogens is 577 g/mol. The lowest BCUT2D eigenvalue weighted by Gasteiger charge is -2.34. The molecular formula is C24H30BrCl2N3O4S. The molecule has 0 aliphatic heterocycles. The van der Waals surface area contributed by atoms with Gasteiger partial charge in [0, 0.05) is 16.6 Å². The number of carbonyl (C=O) groups is 2. The summed E-state index contributed by atoms with van der Waals surface area (Å²) in [5.41, 5.74) is 0.481. The highest BCUT2D eigenvalue weighted by Crippen LogP contribution is 2.25. The van der Waals surface area contributed by atoms with Crippen LogP contribution in [0.4, 0.5) is 5.69 Å². The fourth-order valence-electron chi connectivity index (χ4n) is 3.43. The minimum absolute atomic E-state index is 0.0454. The normalized spacial score (nSPS) is 12.7. The van der Waals surface area contributed by atoms with Gasteiger partial charge in [0.05, 0.1) is 22.0 Å². The molecule has 0 saturated carbocycles. The number of nitrogens with one attached hydrogen (secondary N) is 1.